The highest BCUT2D eigenvalue weighted by molar-refractivity contribution is 5.79. The molecule has 0 amide bonds. The Morgan fingerprint density at radius 1 is 1.27 bits per heavy atom. The molecular weight excluding hydrogens is 276 g/mol. The van der Waals surface area contributed by atoms with E-state index < -0.39 is 0 Å². The zero-order valence-electron chi connectivity index (χ0n) is 14.6. The number of rotatable bonds is 4. The average Bonchev–Trinajstić information content (AvgIpc) is 2.82. The average molecular weight is 306 g/mol. The number of nitrogens with one attached hydrogen (secondary N) is 2. The number of oxazole rings is 1. The zero-order valence-corrected chi connectivity index (χ0v) is 14.6. The summed E-state index contributed by atoms with van der Waals surface area (Å²) < 4.78 is 5.58. The van der Waals surface area contributed by atoms with Crippen molar-refractivity contribution in [1.82, 2.24) is 15.6 Å². The van der Waals surface area contributed by atoms with Gasteiger partial charge in [0.05, 0.1) is 12.2 Å². The number of hydrogen-bond acceptors (Lipinski definition) is 3. The maximum absolute atomic E-state index is 5.58. The lowest BCUT2D eigenvalue weighted by molar-refractivity contribution is 0.250. The summed E-state index contributed by atoms with van der Waals surface area (Å²) in [7, 11) is 1.81. The van der Waals surface area contributed by atoms with E-state index in [9.17, 15) is 0 Å². The first-order chi connectivity index (χ1) is 10.5. The number of aliphatic imine (C=N–C) groups is 1. The van der Waals surface area contributed by atoms with Gasteiger partial charge in [0.1, 0.15) is 5.76 Å². The molecule has 5 heteroatoms. The predicted octanol–water partition coefficient (Wildman–Crippen LogP) is 3.17. The summed E-state index contributed by atoms with van der Waals surface area (Å²) in [6, 6.07) is 0.522. The highest BCUT2D eigenvalue weighted by Crippen LogP contribution is 2.29. The molecule has 0 unspecified atom stereocenters. The quantitative estimate of drug-likeness (QED) is 0.662. The molecule has 0 saturated heterocycles. The monoisotopic (exact) mass is 306 g/mol. The van der Waals surface area contributed by atoms with Crippen LogP contribution in [-0.2, 0) is 6.54 Å². The van der Waals surface area contributed by atoms with Gasteiger partial charge in [-0.15, -0.1) is 0 Å². The van der Waals surface area contributed by atoms with Gasteiger partial charge < -0.3 is 15.1 Å². The first-order valence-electron chi connectivity index (χ1n) is 8.39. The molecule has 22 heavy (non-hydrogen) atoms. The van der Waals surface area contributed by atoms with Gasteiger partial charge in [-0.1, -0.05) is 13.8 Å². The normalized spacial score (nSPS) is 22.9. The summed E-state index contributed by atoms with van der Waals surface area (Å²) in [4.78, 5) is 8.69. The van der Waals surface area contributed by atoms with Crippen LogP contribution < -0.4 is 10.6 Å². The zero-order chi connectivity index (χ0) is 16.1. The lowest BCUT2D eigenvalue weighted by atomic mass is 9.80. The van der Waals surface area contributed by atoms with Gasteiger partial charge in [-0.05, 0) is 51.4 Å². The van der Waals surface area contributed by atoms with Crippen molar-refractivity contribution in [2.75, 3.05) is 7.05 Å². The molecule has 1 fully saturated rings. The van der Waals surface area contributed by atoms with Crippen LogP contribution in [0.25, 0.3) is 0 Å². The van der Waals surface area contributed by atoms with E-state index in [2.05, 4.69) is 34.5 Å². The molecule has 0 radical (unpaired) electrons. The second-order valence-electron chi connectivity index (χ2n) is 6.68. The lowest BCUT2D eigenvalue weighted by Crippen LogP contribution is -2.44. The van der Waals surface area contributed by atoms with Gasteiger partial charge in [-0.3, -0.25) is 4.99 Å². The number of aryl methyl sites for hydroxylation is 2. The van der Waals surface area contributed by atoms with Gasteiger partial charge in [0.15, 0.2) is 5.96 Å². The smallest absolute Gasteiger partial charge is 0.214 e. The van der Waals surface area contributed by atoms with E-state index >= 15 is 0 Å². The molecule has 124 valence electrons. The third kappa shape index (κ3) is 4.49. The highest BCUT2D eigenvalue weighted by Gasteiger charge is 2.23. The Morgan fingerprint density at radius 3 is 2.45 bits per heavy atom. The topological polar surface area (TPSA) is 62.5 Å². The molecule has 1 saturated carbocycles. The van der Waals surface area contributed by atoms with Crippen LogP contribution in [0.3, 0.4) is 0 Å². The number of hydrogen-bond donors (Lipinski definition) is 2. The fourth-order valence-corrected chi connectivity index (χ4v) is 3.09. The maximum Gasteiger partial charge on any atom is 0.214 e. The van der Waals surface area contributed by atoms with Gasteiger partial charge in [0, 0.05) is 13.1 Å². The minimum absolute atomic E-state index is 0.522. The molecule has 0 spiro atoms. The number of guanidine groups is 1. The molecule has 1 aliphatic rings. The van der Waals surface area contributed by atoms with Crippen LogP contribution >= 0.6 is 0 Å². The standard InChI is InChI=1S/C17H30N4O/c1-11(2)14-6-8-15(9-7-14)21-17(18-5)19-10-16-20-12(3)13(4)22-16/h11,14-15H,6-10H2,1-5H3,(H2,18,19,21). The third-order valence-corrected chi connectivity index (χ3v) is 4.76. The van der Waals surface area contributed by atoms with Crippen LogP contribution in [0.2, 0.25) is 0 Å². The minimum atomic E-state index is 0.522. The molecule has 0 atom stereocenters. The predicted molar refractivity (Wildman–Crippen MR) is 89.9 cm³/mol. The Hall–Kier alpha value is -1.52. The van der Waals surface area contributed by atoms with E-state index in [0.717, 1.165) is 29.2 Å². The molecule has 1 aromatic heterocycles. The Kier molecular flexibility index (Phi) is 5.86. The molecule has 1 heterocycles. The first-order valence-corrected chi connectivity index (χ1v) is 8.39. The fourth-order valence-electron chi connectivity index (χ4n) is 3.09. The largest absolute Gasteiger partial charge is 0.444 e. The SMILES string of the molecule is CN=C(NCc1nc(C)c(C)o1)NC1CCC(C(C)C)CC1. The van der Waals surface area contributed by atoms with E-state index in [-0.39, 0.29) is 0 Å². The minimum Gasteiger partial charge on any atom is -0.444 e. The van der Waals surface area contributed by atoms with Crippen molar-refractivity contribution < 1.29 is 4.42 Å². The lowest BCUT2D eigenvalue weighted by Gasteiger charge is -2.32. The molecule has 1 aliphatic carbocycles. The summed E-state index contributed by atoms with van der Waals surface area (Å²) in [5, 5.41) is 6.82. The second-order valence-corrected chi connectivity index (χ2v) is 6.68. The van der Waals surface area contributed by atoms with Crippen LogP contribution in [0.1, 0.15) is 56.9 Å². The van der Waals surface area contributed by atoms with E-state index in [1.807, 2.05) is 13.8 Å². The molecule has 0 bridgehead atoms. The Morgan fingerprint density at radius 2 is 1.95 bits per heavy atom. The van der Waals surface area contributed by atoms with Crippen molar-refractivity contribution in [1.29, 1.82) is 0 Å². The van der Waals surface area contributed by atoms with Crippen molar-refractivity contribution in [3.05, 3.63) is 17.3 Å². The van der Waals surface area contributed by atoms with Gasteiger partial charge in [0.2, 0.25) is 5.89 Å². The number of nitrogens with zero attached hydrogens (tertiary/aromatic N) is 2. The fraction of sp³-hybridized carbons (Fsp3) is 0.765. The molecule has 0 aliphatic heterocycles. The Labute approximate surface area is 134 Å². The van der Waals surface area contributed by atoms with E-state index in [0.29, 0.717) is 18.5 Å². The maximum atomic E-state index is 5.58. The van der Waals surface area contributed by atoms with Crippen LogP contribution in [-0.4, -0.2) is 24.0 Å². The van der Waals surface area contributed by atoms with Crippen LogP contribution in [0.15, 0.2) is 9.41 Å². The molecule has 2 N–H and O–H groups in total. The summed E-state index contributed by atoms with van der Waals surface area (Å²) in [6.07, 6.45) is 5.07. The van der Waals surface area contributed by atoms with Crippen LogP contribution in [0, 0.1) is 25.7 Å². The van der Waals surface area contributed by atoms with Crippen molar-refractivity contribution in [3.8, 4) is 0 Å². The van der Waals surface area contributed by atoms with E-state index in [4.69, 9.17) is 4.42 Å². The summed E-state index contributed by atoms with van der Waals surface area (Å²) in [6.45, 7) is 9.13. The van der Waals surface area contributed by atoms with Crippen molar-refractivity contribution >= 4 is 5.96 Å². The Balaban J connectivity index is 1.78. The molecule has 5 nitrogen and oxygen atoms in total. The Bertz CT molecular complexity index is 479. The van der Waals surface area contributed by atoms with Crippen LogP contribution in [0.4, 0.5) is 0 Å². The van der Waals surface area contributed by atoms with Crippen molar-refractivity contribution in [3.63, 3.8) is 0 Å². The first kappa shape index (κ1) is 16.8. The second kappa shape index (κ2) is 7.65. The van der Waals surface area contributed by atoms with Crippen molar-refractivity contribution in [2.24, 2.45) is 16.8 Å². The molecule has 2 rings (SSSR count). The van der Waals surface area contributed by atoms with Gasteiger partial charge >= 0.3 is 0 Å². The van der Waals surface area contributed by atoms with E-state index in [1.54, 1.807) is 7.05 Å². The third-order valence-electron chi connectivity index (χ3n) is 4.76. The highest BCUT2D eigenvalue weighted by atomic mass is 16.4. The molecule has 0 aromatic carbocycles. The number of aromatic nitrogens is 1. The van der Waals surface area contributed by atoms with E-state index in [1.165, 1.54) is 25.7 Å². The molecular formula is C17H30N4O. The van der Waals surface area contributed by atoms with Gasteiger partial charge in [-0.2, -0.15) is 0 Å². The summed E-state index contributed by atoms with van der Waals surface area (Å²) in [5.74, 6) is 4.11. The molecule has 1 aromatic rings. The van der Waals surface area contributed by atoms with Crippen molar-refractivity contribution in [2.45, 2.75) is 66.0 Å². The van der Waals surface area contributed by atoms with Crippen LogP contribution in [0.5, 0.6) is 0 Å². The summed E-state index contributed by atoms with van der Waals surface area (Å²) >= 11 is 0. The van der Waals surface area contributed by atoms with Gasteiger partial charge in [-0.25, -0.2) is 4.98 Å². The summed E-state index contributed by atoms with van der Waals surface area (Å²) in [5.41, 5.74) is 0.951. The van der Waals surface area contributed by atoms with Gasteiger partial charge in [0.25, 0.3) is 0 Å².